The van der Waals surface area contributed by atoms with Gasteiger partial charge in [0, 0.05) is 5.56 Å². The average molecular weight is 401 g/mol. The molecule has 7 heteroatoms. The van der Waals surface area contributed by atoms with Crippen LogP contribution in [0.15, 0.2) is 52.5 Å². The smallest absolute Gasteiger partial charge is 0.230 e. The molecule has 0 radical (unpaired) electrons. The molecule has 3 rings (SSSR count). The van der Waals surface area contributed by atoms with E-state index in [9.17, 15) is 0 Å². The molecule has 0 saturated heterocycles. The highest BCUT2D eigenvalue weighted by Gasteiger charge is 2.17. The molecular formula is C23H19N3O4. The number of methoxy groups -OCH3 is 2. The fourth-order valence-electron chi connectivity index (χ4n) is 2.78. The van der Waals surface area contributed by atoms with Crippen molar-refractivity contribution in [1.29, 1.82) is 10.5 Å². The highest BCUT2D eigenvalue weighted by Crippen LogP contribution is 2.34. The molecule has 0 aliphatic carbocycles. The number of nitriles is 2. The van der Waals surface area contributed by atoms with Crippen LogP contribution in [-0.4, -0.2) is 19.2 Å². The lowest BCUT2D eigenvalue weighted by molar-refractivity contribution is 0.299. The van der Waals surface area contributed by atoms with Crippen LogP contribution in [0.2, 0.25) is 0 Å². The molecule has 0 amide bonds. The second kappa shape index (κ2) is 9.31. The van der Waals surface area contributed by atoms with E-state index in [-0.39, 0.29) is 12.2 Å². The van der Waals surface area contributed by atoms with E-state index >= 15 is 0 Å². The maximum Gasteiger partial charge on any atom is 0.230 e. The minimum absolute atomic E-state index is 0.00364. The largest absolute Gasteiger partial charge is 0.497 e. The van der Waals surface area contributed by atoms with Crippen LogP contribution in [0.3, 0.4) is 0 Å². The first-order chi connectivity index (χ1) is 14.6. The van der Waals surface area contributed by atoms with E-state index < -0.39 is 0 Å². The zero-order chi connectivity index (χ0) is 21.5. The summed E-state index contributed by atoms with van der Waals surface area (Å²) in [7, 11) is 3.16. The second-order valence-electron chi connectivity index (χ2n) is 6.20. The Morgan fingerprint density at radius 3 is 2.53 bits per heavy atom. The molecule has 0 bridgehead atoms. The summed E-state index contributed by atoms with van der Waals surface area (Å²) in [5.74, 6) is 2.80. The van der Waals surface area contributed by atoms with Gasteiger partial charge in [-0.2, -0.15) is 10.5 Å². The lowest BCUT2D eigenvalue weighted by Crippen LogP contribution is -1.99. The van der Waals surface area contributed by atoms with Gasteiger partial charge >= 0.3 is 0 Å². The Hall–Kier alpha value is -4.23. The Morgan fingerprint density at radius 2 is 1.83 bits per heavy atom. The van der Waals surface area contributed by atoms with Crippen LogP contribution < -0.4 is 14.2 Å². The zero-order valence-electron chi connectivity index (χ0n) is 16.8. The molecule has 2 aromatic carbocycles. The van der Waals surface area contributed by atoms with Gasteiger partial charge in [0.2, 0.25) is 5.89 Å². The zero-order valence-corrected chi connectivity index (χ0v) is 16.8. The van der Waals surface area contributed by atoms with Gasteiger partial charge in [-0.25, -0.2) is 4.98 Å². The third-order valence-electron chi connectivity index (χ3n) is 4.35. The average Bonchev–Trinajstić information content (AvgIpc) is 3.16. The molecule has 0 spiro atoms. The lowest BCUT2D eigenvalue weighted by atomic mass is 10.1. The van der Waals surface area contributed by atoms with Crippen molar-refractivity contribution < 1.29 is 18.6 Å². The van der Waals surface area contributed by atoms with E-state index in [0.717, 1.165) is 0 Å². The molecule has 1 aromatic heterocycles. The van der Waals surface area contributed by atoms with Gasteiger partial charge in [-0.3, -0.25) is 0 Å². The van der Waals surface area contributed by atoms with Crippen LogP contribution in [-0.2, 0) is 6.61 Å². The van der Waals surface area contributed by atoms with Gasteiger partial charge in [0.05, 0.1) is 19.8 Å². The second-order valence-corrected chi connectivity index (χ2v) is 6.20. The molecule has 0 aliphatic rings. The molecule has 7 nitrogen and oxygen atoms in total. The number of hydrogen-bond donors (Lipinski definition) is 0. The number of para-hydroxylation sites is 1. The van der Waals surface area contributed by atoms with Crippen molar-refractivity contribution in [2.45, 2.75) is 13.5 Å². The third-order valence-corrected chi connectivity index (χ3v) is 4.35. The monoisotopic (exact) mass is 401 g/mol. The van der Waals surface area contributed by atoms with Gasteiger partial charge in [-0.15, -0.1) is 0 Å². The van der Waals surface area contributed by atoms with Crippen LogP contribution >= 0.6 is 0 Å². The summed E-state index contributed by atoms with van der Waals surface area (Å²) < 4.78 is 22.4. The van der Waals surface area contributed by atoms with Gasteiger partial charge in [-0.05, 0) is 37.3 Å². The highest BCUT2D eigenvalue weighted by molar-refractivity contribution is 5.67. The van der Waals surface area contributed by atoms with Crippen LogP contribution in [0.1, 0.15) is 17.0 Å². The topological polar surface area (TPSA) is 101 Å². The van der Waals surface area contributed by atoms with Crippen LogP contribution in [0, 0.1) is 29.6 Å². The Bertz CT molecular complexity index is 1150. The third kappa shape index (κ3) is 4.43. The Kier molecular flexibility index (Phi) is 6.36. The number of aryl methyl sites for hydroxylation is 1. The highest BCUT2D eigenvalue weighted by atomic mass is 16.5. The molecule has 30 heavy (non-hydrogen) atoms. The van der Waals surface area contributed by atoms with E-state index in [0.29, 0.717) is 45.7 Å². The summed E-state index contributed by atoms with van der Waals surface area (Å²) in [4.78, 5) is 4.55. The summed E-state index contributed by atoms with van der Waals surface area (Å²) >= 11 is 0. The van der Waals surface area contributed by atoms with Crippen molar-refractivity contribution in [2.75, 3.05) is 14.2 Å². The predicted octanol–water partition coefficient (Wildman–Crippen LogP) is 4.68. The molecule has 150 valence electrons. The maximum atomic E-state index is 8.99. The summed E-state index contributed by atoms with van der Waals surface area (Å²) in [6, 6.07) is 16.2. The SMILES string of the molecule is COc1ccc(OC)c(-c2nc(COc3ccccc3C=C(C#N)C#N)c(C)o2)c1. The molecule has 0 atom stereocenters. The fraction of sp³-hybridized carbons (Fsp3) is 0.174. The number of oxazole rings is 1. The van der Waals surface area contributed by atoms with Gasteiger partial charge in [-0.1, -0.05) is 18.2 Å². The van der Waals surface area contributed by atoms with E-state index in [4.69, 9.17) is 29.2 Å². The fourth-order valence-corrected chi connectivity index (χ4v) is 2.78. The summed E-state index contributed by atoms with van der Waals surface area (Å²) in [5.41, 5.74) is 1.92. The van der Waals surface area contributed by atoms with Gasteiger partial charge in [0.15, 0.2) is 0 Å². The van der Waals surface area contributed by atoms with E-state index in [1.165, 1.54) is 6.08 Å². The molecule has 0 aliphatic heterocycles. The first-order valence-corrected chi connectivity index (χ1v) is 9.02. The first-order valence-electron chi connectivity index (χ1n) is 9.02. The van der Waals surface area contributed by atoms with Crippen molar-refractivity contribution in [1.82, 2.24) is 4.98 Å². The van der Waals surface area contributed by atoms with Crippen LogP contribution in [0.4, 0.5) is 0 Å². The van der Waals surface area contributed by atoms with Crippen molar-refractivity contribution in [2.24, 2.45) is 0 Å². The summed E-state index contributed by atoms with van der Waals surface area (Å²) in [5, 5.41) is 18.0. The minimum atomic E-state index is -0.00364. The minimum Gasteiger partial charge on any atom is -0.497 e. The van der Waals surface area contributed by atoms with Crippen LogP contribution in [0.25, 0.3) is 17.5 Å². The van der Waals surface area contributed by atoms with Crippen LogP contribution in [0.5, 0.6) is 17.2 Å². The molecular weight excluding hydrogens is 382 g/mol. The summed E-state index contributed by atoms with van der Waals surface area (Å²) in [6.07, 6.45) is 1.48. The van der Waals surface area contributed by atoms with Gasteiger partial charge in [0.25, 0.3) is 0 Å². The number of nitrogens with zero attached hydrogens (tertiary/aromatic N) is 3. The number of aromatic nitrogens is 1. The quantitative estimate of drug-likeness (QED) is 0.530. The van der Waals surface area contributed by atoms with E-state index in [1.807, 2.05) is 18.2 Å². The number of benzene rings is 2. The van der Waals surface area contributed by atoms with Crippen molar-refractivity contribution in [3.8, 4) is 40.8 Å². The summed E-state index contributed by atoms with van der Waals surface area (Å²) in [6.45, 7) is 1.96. The maximum absolute atomic E-state index is 8.99. The standard InChI is InChI=1S/C23H19N3O4/c1-15-20(14-29-21-7-5-4-6-17(21)10-16(12-24)13-25)26-23(30-15)19-11-18(27-2)8-9-22(19)28-3/h4-11H,14H2,1-3H3. The number of hydrogen-bond acceptors (Lipinski definition) is 7. The normalized spacial score (nSPS) is 9.90. The Morgan fingerprint density at radius 1 is 1.07 bits per heavy atom. The number of rotatable bonds is 7. The molecule has 3 aromatic rings. The number of allylic oxidation sites excluding steroid dienone is 1. The molecule has 0 unspecified atom stereocenters. The Labute approximate surface area is 174 Å². The lowest BCUT2D eigenvalue weighted by Gasteiger charge is -2.08. The predicted molar refractivity (Wildman–Crippen MR) is 110 cm³/mol. The van der Waals surface area contributed by atoms with Crippen molar-refractivity contribution >= 4 is 6.08 Å². The van der Waals surface area contributed by atoms with E-state index in [1.54, 1.807) is 57.5 Å². The molecule has 0 saturated carbocycles. The van der Waals surface area contributed by atoms with Gasteiger partial charge in [0.1, 0.15) is 53.0 Å². The molecule has 0 fully saturated rings. The van der Waals surface area contributed by atoms with Gasteiger partial charge < -0.3 is 18.6 Å². The number of ether oxygens (including phenoxy) is 3. The van der Waals surface area contributed by atoms with Crippen molar-refractivity contribution in [3.05, 3.63) is 65.1 Å². The Balaban J connectivity index is 1.87. The molecule has 1 heterocycles. The first kappa shape index (κ1) is 20.5. The van der Waals surface area contributed by atoms with Crippen molar-refractivity contribution in [3.63, 3.8) is 0 Å². The molecule has 0 N–H and O–H groups in total. The van der Waals surface area contributed by atoms with E-state index in [2.05, 4.69) is 4.98 Å².